The molecule has 4 aromatic rings. The van der Waals surface area contributed by atoms with E-state index in [1.54, 1.807) is 4.68 Å². The summed E-state index contributed by atoms with van der Waals surface area (Å²) < 4.78 is 3.58. The summed E-state index contributed by atoms with van der Waals surface area (Å²) in [5.74, 6) is 0.412. The Morgan fingerprint density at radius 2 is 1.59 bits per heavy atom. The number of carbonyl (C=O) groups is 1. The van der Waals surface area contributed by atoms with Gasteiger partial charge in [0.15, 0.2) is 0 Å². The largest absolute Gasteiger partial charge is 0.326 e. The van der Waals surface area contributed by atoms with Crippen LogP contribution in [0.2, 0.25) is 0 Å². The van der Waals surface area contributed by atoms with E-state index in [2.05, 4.69) is 25.5 Å². The molecule has 0 spiro atoms. The maximum Gasteiger partial charge on any atom is 0.251 e. The van der Waals surface area contributed by atoms with Crippen molar-refractivity contribution in [2.75, 3.05) is 5.32 Å². The lowest BCUT2D eigenvalue weighted by atomic mass is 10.1. The fourth-order valence-corrected chi connectivity index (χ4v) is 3.90. The van der Waals surface area contributed by atoms with E-state index in [1.807, 2.05) is 82.6 Å². The van der Waals surface area contributed by atoms with Crippen molar-refractivity contribution in [3.63, 3.8) is 0 Å². The molecule has 0 fully saturated rings. The van der Waals surface area contributed by atoms with Gasteiger partial charge in [-0.05, 0) is 71.9 Å². The average molecular weight is 430 g/mol. The zero-order valence-corrected chi connectivity index (χ0v) is 19.3. The molecule has 1 amide bonds. The molecule has 8 heteroatoms. The lowest BCUT2D eigenvalue weighted by molar-refractivity contribution is -0.115. The number of hydrogen-bond acceptors (Lipinski definition) is 5. The van der Waals surface area contributed by atoms with Crippen molar-refractivity contribution >= 4 is 11.6 Å². The summed E-state index contributed by atoms with van der Waals surface area (Å²) >= 11 is 0. The summed E-state index contributed by atoms with van der Waals surface area (Å²) in [6.45, 7) is 11.7. The third kappa shape index (κ3) is 4.30. The van der Waals surface area contributed by atoms with Crippen LogP contribution in [0.4, 0.5) is 5.69 Å². The number of benzene rings is 1. The van der Waals surface area contributed by atoms with Crippen LogP contribution in [-0.2, 0) is 11.2 Å². The quantitative estimate of drug-likeness (QED) is 0.520. The molecule has 1 aromatic carbocycles. The number of nitrogens with one attached hydrogen (secondary N) is 1. The number of aryl methyl sites for hydroxylation is 5. The van der Waals surface area contributed by atoms with Gasteiger partial charge in [-0.2, -0.15) is 10.2 Å². The van der Waals surface area contributed by atoms with Gasteiger partial charge in [-0.15, -0.1) is 0 Å². The third-order valence-corrected chi connectivity index (χ3v) is 5.32. The minimum Gasteiger partial charge on any atom is -0.326 e. The van der Waals surface area contributed by atoms with Crippen LogP contribution >= 0.6 is 0 Å². The minimum absolute atomic E-state index is 0.109. The molecule has 8 nitrogen and oxygen atoms in total. The molecule has 0 aliphatic rings. The van der Waals surface area contributed by atoms with Crippen LogP contribution in [0.3, 0.4) is 0 Å². The SMILES string of the molecule is Cc1cc(C)nc(-n2nc(C)c(CC(=O)Nc3cccc(-n4nc(C)cc4C)c3)c2C)n1. The van der Waals surface area contributed by atoms with Gasteiger partial charge in [-0.1, -0.05) is 6.07 Å². The van der Waals surface area contributed by atoms with Crippen LogP contribution in [-0.4, -0.2) is 35.4 Å². The number of nitrogens with zero attached hydrogens (tertiary/aromatic N) is 6. The van der Waals surface area contributed by atoms with E-state index in [0.29, 0.717) is 5.95 Å². The zero-order valence-electron chi connectivity index (χ0n) is 19.3. The fraction of sp³-hybridized carbons (Fsp3) is 0.292. The fourth-order valence-electron chi connectivity index (χ4n) is 3.90. The van der Waals surface area contributed by atoms with Crippen molar-refractivity contribution in [1.29, 1.82) is 0 Å². The molecule has 32 heavy (non-hydrogen) atoms. The van der Waals surface area contributed by atoms with Crippen molar-refractivity contribution in [2.45, 2.75) is 48.0 Å². The highest BCUT2D eigenvalue weighted by molar-refractivity contribution is 5.92. The summed E-state index contributed by atoms with van der Waals surface area (Å²) in [6.07, 6.45) is 0.215. The topological polar surface area (TPSA) is 90.5 Å². The predicted octanol–water partition coefficient (Wildman–Crippen LogP) is 3.88. The van der Waals surface area contributed by atoms with E-state index in [4.69, 9.17) is 0 Å². The maximum absolute atomic E-state index is 12.9. The highest BCUT2D eigenvalue weighted by Gasteiger charge is 2.18. The summed E-state index contributed by atoms with van der Waals surface area (Å²) in [5.41, 5.74) is 7.89. The van der Waals surface area contributed by atoms with Crippen LogP contribution in [0, 0.1) is 41.5 Å². The van der Waals surface area contributed by atoms with Crippen LogP contribution in [0.15, 0.2) is 36.4 Å². The Hall–Kier alpha value is -3.81. The molecule has 3 heterocycles. The summed E-state index contributed by atoms with van der Waals surface area (Å²) in [5, 5.41) is 12.1. The van der Waals surface area contributed by atoms with Gasteiger partial charge in [0.05, 0.1) is 23.5 Å². The van der Waals surface area contributed by atoms with Gasteiger partial charge in [0.2, 0.25) is 5.91 Å². The summed E-state index contributed by atoms with van der Waals surface area (Å²) in [4.78, 5) is 21.8. The molecule has 0 aliphatic heterocycles. The Morgan fingerprint density at radius 1 is 0.875 bits per heavy atom. The molecule has 0 bridgehead atoms. The first-order valence-corrected chi connectivity index (χ1v) is 10.5. The molecule has 0 radical (unpaired) electrons. The molecule has 3 aromatic heterocycles. The molecule has 0 saturated carbocycles. The van der Waals surface area contributed by atoms with Gasteiger partial charge in [-0.3, -0.25) is 4.79 Å². The number of hydrogen-bond donors (Lipinski definition) is 1. The van der Waals surface area contributed by atoms with Crippen molar-refractivity contribution in [2.24, 2.45) is 0 Å². The molecule has 0 saturated heterocycles. The Morgan fingerprint density at radius 3 is 2.25 bits per heavy atom. The summed E-state index contributed by atoms with van der Waals surface area (Å²) in [7, 11) is 0. The van der Waals surface area contributed by atoms with E-state index in [0.717, 1.165) is 51.1 Å². The molecular formula is C24H27N7O. The molecule has 4 rings (SSSR count). The van der Waals surface area contributed by atoms with Crippen LogP contribution < -0.4 is 5.32 Å². The van der Waals surface area contributed by atoms with E-state index in [9.17, 15) is 4.79 Å². The zero-order chi connectivity index (χ0) is 23.0. The summed E-state index contributed by atoms with van der Waals surface area (Å²) in [6, 6.07) is 11.6. The third-order valence-electron chi connectivity index (χ3n) is 5.32. The first-order valence-electron chi connectivity index (χ1n) is 10.5. The van der Waals surface area contributed by atoms with Gasteiger partial charge >= 0.3 is 0 Å². The van der Waals surface area contributed by atoms with Gasteiger partial charge in [-0.25, -0.2) is 19.3 Å². The molecule has 1 N–H and O–H groups in total. The number of carbonyl (C=O) groups excluding carboxylic acids is 1. The minimum atomic E-state index is -0.109. The molecular weight excluding hydrogens is 402 g/mol. The second-order valence-electron chi connectivity index (χ2n) is 8.13. The van der Waals surface area contributed by atoms with Gasteiger partial charge in [0.25, 0.3) is 5.95 Å². The van der Waals surface area contributed by atoms with Crippen molar-refractivity contribution in [3.8, 4) is 11.6 Å². The van der Waals surface area contributed by atoms with Crippen LogP contribution in [0.1, 0.15) is 39.7 Å². The lowest BCUT2D eigenvalue weighted by Crippen LogP contribution is -2.16. The van der Waals surface area contributed by atoms with Crippen LogP contribution in [0.5, 0.6) is 0 Å². The number of amides is 1. The molecule has 0 atom stereocenters. The monoisotopic (exact) mass is 429 g/mol. The van der Waals surface area contributed by atoms with Gasteiger partial charge < -0.3 is 5.32 Å². The molecule has 0 unspecified atom stereocenters. The second kappa shape index (κ2) is 8.37. The van der Waals surface area contributed by atoms with E-state index in [-0.39, 0.29) is 12.3 Å². The van der Waals surface area contributed by atoms with Gasteiger partial charge in [0.1, 0.15) is 0 Å². The predicted molar refractivity (Wildman–Crippen MR) is 123 cm³/mol. The number of rotatable bonds is 5. The lowest BCUT2D eigenvalue weighted by Gasteiger charge is -2.09. The number of aromatic nitrogens is 6. The van der Waals surface area contributed by atoms with E-state index < -0.39 is 0 Å². The molecule has 164 valence electrons. The Kier molecular flexibility index (Phi) is 5.61. The van der Waals surface area contributed by atoms with Crippen LogP contribution in [0.25, 0.3) is 11.6 Å². The second-order valence-corrected chi connectivity index (χ2v) is 8.13. The highest BCUT2D eigenvalue weighted by atomic mass is 16.1. The first-order chi connectivity index (χ1) is 15.2. The average Bonchev–Trinajstić information content (AvgIpc) is 3.20. The van der Waals surface area contributed by atoms with Gasteiger partial charge in [0, 0.05) is 34.0 Å². The highest BCUT2D eigenvalue weighted by Crippen LogP contribution is 2.20. The van der Waals surface area contributed by atoms with E-state index >= 15 is 0 Å². The standard InChI is InChI=1S/C24H27N7O/c1-14-10-15(2)26-24(25-14)31-19(6)22(18(5)29-31)13-23(32)27-20-8-7-9-21(12-20)30-17(4)11-16(3)28-30/h7-12H,13H2,1-6H3,(H,27,32). The smallest absolute Gasteiger partial charge is 0.251 e. The van der Waals surface area contributed by atoms with Crippen molar-refractivity contribution < 1.29 is 4.79 Å². The number of anilines is 1. The van der Waals surface area contributed by atoms with Crippen molar-refractivity contribution in [3.05, 3.63) is 76.1 Å². The van der Waals surface area contributed by atoms with E-state index in [1.165, 1.54) is 0 Å². The normalized spacial score (nSPS) is 11.1. The Labute approximate surface area is 187 Å². The maximum atomic E-state index is 12.9. The van der Waals surface area contributed by atoms with Crippen molar-refractivity contribution in [1.82, 2.24) is 29.5 Å². The first kappa shape index (κ1) is 21.4. The molecule has 0 aliphatic carbocycles. The Balaban J connectivity index is 1.55. The Bertz CT molecular complexity index is 1300.